The molecule has 0 aliphatic heterocycles. The quantitative estimate of drug-likeness (QED) is 0.861. The van der Waals surface area contributed by atoms with E-state index >= 15 is 0 Å². The third-order valence-corrected chi connectivity index (χ3v) is 3.38. The molecule has 2 aromatic carbocycles. The maximum absolute atomic E-state index is 12.0. The second-order valence-corrected chi connectivity index (χ2v) is 5.04. The van der Waals surface area contributed by atoms with Crippen LogP contribution in [0.5, 0.6) is 5.75 Å². The third-order valence-electron chi connectivity index (χ3n) is 3.38. The van der Waals surface area contributed by atoms with Crippen LogP contribution in [-0.2, 0) is 13.1 Å². The summed E-state index contributed by atoms with van der Waals surface area (Å²) in [4.78, 5) is 0. The summed E-state index contributed by atoms with van der Waals surface area (Å²) in [6.45, 7) is 2.87. The molecule has 0 amide bonds. The van der Waals surface area contributed by atoms with E-state index in [0.717, 1.165) is 12.1 Å². The molecule has 0 radical (unpaired) electrons. The predicted molar refractivity (Wildman–Crippen MR) is 79.5 cm³/mol. The van der Waals surface area contributed by atoms with Crippen molar-refractivity contribution in [1.82, 2.24) is 5.32 Å². The number of nitrogens with one attached hydrogen (secondary N) is 1. The molecule has 4 heteroatoms. The molecule has 1 N–H and O–H groups in total. The van der Waals surface area contributed by atoms with Crippen molar-refractivity contribution < 1.29 is 13.5 Å². The number of alkyl halides is 2. The molecule has 0 atom stereocenters. The summed E-state index contributed by atoms with van der Waals surface area (Å²) in [5.41, 5.74) is 4.83. The predicted octanol–water partition coefficient (Wildman–Crippen LogP) is 4.19. The summed E-state index contributed by atoms with van der Waals surface area (Å²) < 4.78 is 28.4. The van der Waals surface area contributed by atoms with Crippen LogP contribution in [0.1, 0.15) is 22.3 Å². The Kier molecular flexibility index (Phi) is 5.28. The highest BCUT2D eigenvalue weighted by atomic mass is 19.3. The van der Waals surface area contributed by atoms with E-state index in [4.69, 9.17) is 0 Å². The smallest absolute Gasteiger partial charge is 0.387 e. The van der Waals surface area contributed by atoms with Gasteiger partial charge in [-0.05, 0) is 48.2 Å². The van der Waals surface area contributed by atoms with E-state index in [9.17, 15) is 8.78 Å². The van der Waals surface area contributed by atoms with Crippen LogP contribution in [0.25, 0.3) is 0 Å². The summed E-state index contributed by atoms with van der Waals surface area (Å²) in [6.07, 6.45) is 0. The summed E-state index contributed by atoms with van der Waals surface area (Å²) in [5.74, 6) is 0.183. The van der Waals surface area contributed by atoms with E-state index in [1.165, 1.54) is 16.7 Å². The van der Waals surface area contributed by atoms with Gasteiger partial charge in [0.25, 0.3) is 0 Å². The second-order valence-electron chi connectivity index (χ2n) is 5.04. The van der Waals surface area contributed by atoms with Crippen LogP contribution in [0.15, 0.2) is 42.5 Å². The van der Waals surface area contributed by atoms with Crippen LogP contribution in [0, 0.1) is 13.8 Å². The number of benzene rings is 2. The molecular weight excluding hydrogens is 272 g/mol. The molecule has 0 spiro atoms. The van der Waals surface area contributed by atoms with Crippen molar-refractivity contribution in [2.45, 2.75) is 33.5 Å². The Labute approximate surface area is 123 Å². The van der Waals surface area contributed by atoms with E-state index in [2.05, 4.69) is 42.1 Å². The lowest BCUT2D eigenvalue weighted by Crippen LogP contribution is -2.12. The largest absolute Gasteiger partial charge is 0.435 e. The molecule has 0 aliphatic rings. The summed E-state index contributed by atoms with van der Waals surface area (Å²) in [6, 6.07) is 13.1. The third kappa shape index (κ3) is 4.83. The molecule has 2 rings (SSSR count). The van der Waals surface area contributed by atoms with Gasteiger partial charge in [-0.3, -0.25) is 0 Å². The van der Waals surface area contributed by atoms with E-state index in [0.29, 0.717) is 6.54 Å². The monoisotopic (exact) mass is 291 g/mol. The molecule has 2 nitrogen and oxygen atoms in total. The van der Waals surface area contributed by atoms with Crippen LogP contribution in [0.2, 0.25) is 0 Å². The highest BCUT2D eigenvalue weighted by Gasteiger charge is 2.03. The van der Waals surface area contributed by atoms with Crippen molar-refractivity contribution in [1.29, 1.82) is 0 Å². The van der Waals surface area contributed by atoms with Gasteiger partial charge in [-0.2, -0.15) is 8.78 Å². The molecule has 21 heavy (non-hydrogen) atoms. The van der Waals surface area contributed by atoms with Crippen LogP contribution in [0.3, 0.4) is 0 Å². The molecule has 0 fully saturated rings. The van der Waals surface area contributed by atoms with E-state index in [-0.39, 0.29) is 5.75 Å². The zero-order valence-corrected chi connectivity index (χ0v) is 12.2. The van der Waals surface area contributed by atoms with Crippen molar-refractivity contribution in [2.75, 3.05) is 0 Å². The van der Waals surface area contributed by atoms with Gasteiger partial charge < -0.3 is 10.1 Å². The van der Waals surface area contributed by atoms with Crippen molar-refractivity contribution >= 4 is 0 Å². The Morgan fingerprint density at radius 1 is 0.905 bits per heavy atom. The molecule has 0 saturated carbocycles. The maximum Gasteiger partial charge on any atom is 0.387 e. The average molecular weight is 291 g/mol. The first-order valence-electron chi connectivity index (χ1n) is 6.85. The lowest BCUT2D eigenvalue weighted by atomic mass is 10.1. The Morgan fingerprint density at radius 2 is 1.52 bits per heavy atom. The van der Waals surface area contributed by atoms with Gasteiger partial charge in [-0.15, -0.1) is 0 Å². The number of aryl methyl sites for hydroxylation is 2. The SMILES string of the molecule is Cc1ccc(CNCc2ccc(OC(F)F)cc2)cc1C. The van der Waals surface area contributed by atoms with Gasteiger partial charge in [0.1, 0.15) is 5.75 Å². The van der Waals surface area contributed by atoms with E-state index in [1.807, 2.05) is 0 Å². The molecule has 0 saturated heterocycles. The Balaban J connectivity index is 1.84. The average Bonchev–Trinajstić information content (AvgIpc) is 2.44. The summed E-state index contributed by atoms with van der Waals surface area (Å²) in [7, 11) is 0. The number of ether oxygens (including phenoxy) is 1. The lowest BCUT2D eigenvalue weighted by Gasteiger charge is -2.08. The van der Waals surface area contributed by atoms with Gasteiger partial charge in [0, 0.05) is 13.1 Å². The molecule has 0 aliphatic carbocycles. The minimum Gasteiger partial charge on any atom is -0.435 e. The number of hydrogen-bond donors (Lipinski definition) is 1. The van der Waals surface area contributed by atoms with Crippen LogP contribution >= 0.6 is 0 Å². The fraction of sp³-hybridized carbons (Fsp3) is 0.294. The van der Waals surface area contributed by atoms with Crippen LogP contribution in [0.4, 0.5) is 8.78 Å². The molecule has 2 aromatic rings. The summed E-state index contributed by atoms with van der Waals surface area (Å²) >= 11 is 0. The molecule has 0 aromatic heterocycles. The molecule has 112 valence electrons. The van der Waals surface area contributed by atoms with Crippen LogP contribution < -0.4 is 10.1 Å². The van der Waals surface area contributed by atoms with Crippen molar-refractivity contribution in [3.63, 3.8) is 0 Å². The van der Waals surface area contributed by atoms with Gasteiger partial charge in [-0.25, -0.2) is 0 Å². The maximum atomic E-state index is 12.0. The van der Waals surface area contributed by atoms with Crippen LogP contribution in [-0.4, -0.2) is 6.61 Å². The van der Waals surface area contributed by atoms with Crippen molar-refractivity contribution in [2.24, 2.45) is 0 Å². The second kappa shape index (κ2) is 7.18. The number of hydrogen-bond acceptors (Lipinski definition) is 2. The first-order chi connectivity index (χ1) is 10.0. The Hall–Kier alpha value is -1.94. The number of halogens is 2. The van der Waals surface area contributed by atoms with Crippen molar-refractivity contribution in [3.05, 3.63) is 64.7 Å². The van der Waals surface area contributed by atoms with Gasteiger partial charge in [-0.1, -0.05) is 30.3 Å². The van der Waals surface area contributed by atoms with Gasteiger partial charge in [0.2, 0.25) is 0 Å². The van der Waals surface area contributed by atoms with Gasteiger partial charge in [0.15, 0.2) is 0 Å². The molecule has 0 bridgehead atoms. The molecular formula is C17H19F2NO. The normalized spacial score (nSPS) is 10.9. The Bertz CT molecular complexity index is 582. The zero-order valence-electron chi connectivity index (χ0n) is 12.2. The fourth-order valence-corrected chi connectivity index (χ4v) is 2.05. The minimum atomic E-state index is -2.78. The zero-order chi connectivity index (χ0) is 15.2. The van der Waals surface area contributed by atoms with E-state index in [1.54, 1.807) is 24.3 Å². The molecule has 0 unspecified atom stereocenters. The lowest BCUT2D eigenvalue weighted by molar-refractivity contribution is -0.0498. The molecule has 0 heterocycles. The number of rotatable bonds is 6. The highest BCUT2D eigenvalue weighted by Crippen LogP contribution is 2.15. The van der Waals surface area contributed by atoms with Gasteiger partial charge >= 0.3 is 6.61 Å². The van der Waals surface area contributed by atoms with E-state index < -0.39 is 6.61 Å². The summed E-state index contributed by atoms with van der Waals surface area (Å²) in [5, 5.41) is 3.34. The highest BCUT2D eigenvalue weighted by molar-refractivity contribution is 5.30. The first kappa shape index (κ1) is 15.4. The van der Waals surface area contributed by atoms with Gasteiger partial charge in [0.05, 0.1) is 0 Å². The standard InChI is InChI=1S/C17H19F2NO/c1-12-3-4-15(9-13(12)2)11-20-10-14-5-7-16(8-6-14)21-17(18)19/h3-9,17,20H,10-11H2,1-2H3. The fourth-order valence-electron chi connectivity index (χ4n) is 2.05. The van der Waals surface area contributed by atoms with Crippen molar-refractivity contribution in [3.8, 4) is 5.75 Å². The topological polar surface area (TPSA) is 21.3 Å². The first-order valence-corrected chi connectivity index (χ1v) is 6.85. The Morgan fingerprint density at radius 3 is 2.14 bits per heavy atom. The minimum absolute atomic E-state index is 0.183.